The lowest BCUT2D eigenvalue weighted by molar-refractivity contribution is 0.0600. The minimum atomic E-state index is -0.581. The zero-order valence-electron chi connectivity index (χ0n) is 17.0. The highest BCUT2D eigenvalue weighted by Gasteiger charge is 2.30. The fourth-order valence-corrected chi connectivity index (χ4v) is 4.91. The molecule has 3 heterocycles. The maximum atomic E-state index is 12.9. The van der Waals surface area contributed by atoms with Crippen molar-refractivity contribution in [2.45, 2.75) is 32.9 Å². The average molecular weight is 426 g/mol. The molecular formula is C22H22N2O5S. The van der Waals surface area contributed by atoms with Gasteiger partial charge in [-0.05, 0) is 38.0 Å². The van der Waals surface area contributed by atoms with E-state index in [4.69, 9.17) is 9.15 Å². The van der Waals surface area contributed by atoms with Crippen LogP contribution in [0.5, 0.6) is 0 Å². The Morgan fingerprint density at radius 2 is 2.03 bits per heavy atom. The summed E-state index contributed by atoms with van der Waals surface area (Å²) < 4.78 is 10.6. The number of fused-ring (bicyclic) bond motifs is 2. The molecule has 8 heteroatoms. The number of methoxy groups -OCH3 is 1. The van der Waals surface area contributed by atoms with Gasteiger partial charge in [-0.25, -0.2) is 4.79 Å². The number of rotatable bonds is 4. The second-order valence-corrected chi connectivity index (χ2v) is 8.54. The van der Waals surface area contributed by atoms with Crippen LogP contribution in [0.25, 0.3) is 11.0 Å². The summed E-state index contributed by atoms with van der Waals surface area (Å²) in [4.78, 5) is 41.0. The Morgan fingerprint density at radius 3 is 2.77 bits per heavy atom. The van der Waals surface area contributed by atoms with Gasteiger partial charge >= 0.3 is 5.97 Å². The molecule has 7 nitrogen and oxygen atoms in total. The van der Waals surface area contributed by atoms with E-state index in [9.17, 15) is 14.4 Å². The summed E-state index contributed by atoms with van der Waals surface area (Å²) in [6.07, 6.45) is 0.704. The Bertz CT molecular complexity index is 1190. The number of amides is 1. The van der Waals surface area contributed by atoms with E-state index in [1.807, 2.05) is 0 Å². The smallest absolute Gasteiger partial charge is 0.341 e. The molecule has 1 aromatic carbocycles. The van der Waals surface area contributed by atoms with Crippen molar-refractivity contribution in [3.8, 4) is 0 Å². The molecule has 156 valence electrons. The Morgan fingerprint density at radius 1 is 1.27 bits per heavy atom. The summed E-state index contributed by atoms with van der Waals surface area (Å²) in [6, 6.07) is 8.30. The molecule has 30 heavy (non-hydrogen) atoms. The Kier molecular flexibility index (Phi) is 5.44. The number of thiophene rings is 1. The summed E-state index contributed by atoms with van der Waals surface area (Å²) in [6.45, 7) is 5.80. The van der Waals surface area contributed by atoms with E-state index in [-0.39, 0.29) is 11.2 Å². The first kappa shape index (κ1) is 20.3. The number of nitrogens with zero attached hydrogens (tertiary/aromatic N) is 1. The van der Waals surface area contributed by atoms with Crippen LogP contribution in [0, 0.1) is 0 Å². The third kappa shape index (κ3) is 3.64. The van der Waals surface area contributed by atoms with Crippen LogP contribution < -0.4 is 10.7 Å². The highest BCUT2D eigenvalue weighted by molar-refractivity contribution is 7.17. The molecule has 0 radical (unpaired) electrons. The number of ether oxygens (including phenoxy) is 1. The molecule has 0 unspecified atom stereocenters. The summed E-state index contributed by atoms with van der Waals surface area (Å²) in [7, 11) is 1.32. The number of carbonyl (C=O) groups excluding carboxylic acids is 2. The minimum absolute atomic E-state index is 0.107. The number of benzene rings is 1. The molecule has 0 aliphatic carbocycles. The molecule has 0 spiro atoms. The molecule has 1 aliphatic heterocycles. The molecule has 4 rings (SSSR count). The summed E-state index contributed by atoms with van der Waals surface area (Å²) >= 11 is 1.36. The predicted octanol–water partition coefficient (Wildman–Crippen LogP) is 3.66. The second-order valence-electron chi connectivity index (χ2n) is 7.44. The monoisotopic (exact) mass is 426 g/mol. The fraction of sp³-hybridized carbons (Fsp3) is 0.318. The van der Waals surface area contributed by atoms with Crippen molar-refractivity contribution in [1.29, 1.82) is 0 Å². The second kappa shape index (κ2) is 8.04. The molecule has 0 saturated carbocycles. The van der Waals surface area contributed by atoms with E-state index in [2.05, 4.69) is 24.1 Å². The Hall–Kier alpha value is -2.97. The van der Waals surface area contributed by atoms with E-state index in [0.717, 1.165) is 17.0 Å². The fourth-order valence-electron chi connectivity index (χ4n) is 3.65. The number of anilines is 1. The molecule has 3 aromatic rings. The van der Waals surface area contributed by atoms with Gasteiger partial charge in [0.2, 0.25) is 0 Å². The van der Waals surface area contributed by atoms with Crippen molar-refractivity contribution in [2.75, 3.05) is 19.0 Å². The number of hydrogen-bond donors (Lipinski definition) is 1. The van der Waals surface area contributed by atoms with Gasteiger partial charge in [0, 0.05) is 30.1 Å². The standard InChI is InChI=1S/C22H22N2O5S/c1-12(2)24-9-8-14-18(11-24)30-21(19(14)22(27)28-3)23-20(26)17-10-15(25)13-6-4-5-7-16(13)29-17/h4-7,10,12H,8-9,11H2,1-3H3,(H,23,26). The van der Waals surface area contributed by atoms with Crippen LogP contribution in [-0.2, 0) is 17.7 Å². The first-order valence-electron chi connectivity index (χ1n) is 9.70. The average Bonchev–Trinajstić information content (AvgIpc) is 3.10. The van der Waals surface area contributed by atoms with Crippen molar-refractivity contribution in [2.24, 2.45) is 0 Å². The molecule has 1 amide bonds. The molecule has 0 fully saturated rings. The van der Waals surface area contributed by atoms with Crippen molar-refractivity contribution in [3.05, 3.63) is 62.3 Å². The van der Waals surface area contributed by atoms with Crippen molar-refractivity contribution in [1.82, 2.24) is 4.90 Å². The zero-order valence-corrected chi connectivity index (χ0v) is 17.8. The summed E-state index contributed by atoms with van der Waals surface area (Å²) in [5.41, 5.74) is 1.34. The van der Waals surface area contributed by atoms with Crippen molar-refractivity contribution < 1.29 is 18.7 Å². The quantitative estimate of drug-likeness (QED) is 0.641. The van der Waals surface area contributed by atoms with Gasteiger partial charge in [0.05, 0.1) is 18.1 Å². The zero-order chi connectivity index (χ0) is 21.4. The van der Waals surface area contributed by atoms with Gasteiger partial charge in [-0.3, -0.25) is 14.5 Å². The Balaban J connectivity index is 1.70. The van der Waals surface area contributed by atoms with Crippen LogP contribution in [0.15, 0.2) is 39.5 Å². The SMILES string of the molecule is COC(=O)c1c(NC(=O)c2cc(=O)c3ccccc3o2)sc2c1CCN(C(C)C)C2. The lowest BCUT2D eigenvalue weighted by Crippen LogP contribution is -2.35. The van der Waals surface area contributed by atoms with Gasteiger partial charge in [-0.1, -0.05) is 12.1 Å². The molecule has 0 saturated heterocycles. The Labute approximate surface area is 177 Å². The molecule has 0 bridgehead atoms. The molecule has 0 atom stereocenters. The predicted molar refractivity (Wildman–Crippen MR) is 115 cm³/mol. The van der Waals surface area contributed by atoms with E-state index < -0.39 is 11.9 Å². The van der Waals surface area contributed by atoms with Crippen LogP contribution in [0.1, 0.15) is 45.2 Å². The van der Waals surface area contributed by atoms with Crippen LogP contribution in [0.2, 0.25) is 0 Å². The normalized spacial score (nSPS) is 14.0. The van der Waals surface area contributed by atoms with E-state index in [0.29, 0.717) is 40.5 Å². The van der Waals surface area contributed by atoms with Gasteiger partial charge in [0.1, 0.15) is 10.6 Å². The first-order chi connectivity index (χ1) is 14.4. The van der Waals surface area contributed by atoms with Gasteiger partial charge in [-0.2, -0.15) is 0 Å². The number of para-hydroxylation sites is 1. The first-order valence-corrected chi connectivity index (χ1v) is 10.5. The molecule has 2 aromatic heterocycles. The minimum Gasteiger partial charge on any atom is -0.465 e. The van der Waals surface area contributed by atoms with E-state index in [1.165, 1.54) is 24.5 Å². The van der Waals surface area contributed by atoms with Gasteiger partial charge in [0.25, 0.3) is 5.91 Å². The number of hydrogen-bond acceptors (Lipinski definition) is 7. The summed E-state index contributed by atoms with van der Waals surface area (Å²) in [5.74, 6) is -1.17. The van der Waals surface area contributed by atoms with Crippen LogP contribution in [-0.4, -0.2) is 36.5 Å². The summed E-state index contributed by atoms with van der Waals surface area (Å²) in [5, 5.41) is 3.58. The van der Waals surface area contributed by atoms with Crippen LogP contribution in [0.4, 0.5) is 5.00 Å². The molecular weight excluding hydrogens is 404 g/mol. The lowest BCUT2D eigenvalue weighted by Gasteiger charge is -2.30. The van der Waals surface area contributed by atoms with Crippen LogP contribution in [0.3, 0.4) is 0 Å². The lowest BCUT2D eigenvalue weighted by atomic mass is 10.0. The van der Waals surface area contributed by atoms with Gasteiger partial charge < -0.3 is 14.5 Å². The highest BCUT2D eigenvalue weighted by Crippen LogP contribution is 2.38. The number of carbonyl (C=O) groups is 2. The maximum absolute atomic E-state index is 12.9. The largest absolute Gasteiger partial charge is 0.465 e. The molecule has 1 aliphatic rings. The van der Waals surface area contributed by atoms with Crippen LogP contribution >= 0.6 is 11.3 Å². The maximum Gasteiger partial charge on any atom is 0.341 e. The van der Waals surface area contributed by atoms with Crippen molar-refractivity contribution in [3.63, 3.8) is 0 Å². The van der Waals surface area contributed by atoms with E-state index >= 15 is 0 Å². The topological polar surface area (TPSA) is 88.8 Å². The molecule has 1 N–H and O–H groups in total. The van der Waals surface area contributed by atoms with Crippen molar-refractivity contribution >= 4 is 39.2 Å². The van der Waals surface area contributed by atoms with Gasteiger partial charge in [-0.15, -0.1) is 11.3 Å². The third-order valence-electron chi connectivity index (χ3n) is 5.29. The van der Waals surface area contributed by atoms with E-state index in [1.54, 1.807) is 24.3 Å². The number of nitrogens with one attached hydrogen (secondary N) is 1. The number of esters is 1. The third-order valence-corrected chi connectivity index (χ3v) is 6.42. The van der Waals surface area contributed by atoms with Gasteiger partial charge in [0.15, 0.2) is 11.2 Å². The highest BCUT2D eigenvalue weighted by atomic mass is 32.1.